The third kappa shape index (κ3) is 3.99. The lowest BCUT2D eigenvalue weighted by molar-refractivity contribution is 0.0832. The number of rotatable bonds is 2. The molecule has 0 atom stereocenters. The molecule has 0 saturated carbocycles. The van der Waals surface area contributed by atoms with E-state index in [9.17, 15) is 14.0 Å². The van der Waals surface area contributed by atoms with Crippen LogP contribution in [0.2, 0.25) is 5.02 Å². The second-order valence-electron chi connectivity index (χ2n) is 4.47. The summed E-state index contributed by atoms with van der Waals surface area (Å²) in [5, 5.41) is 10.9. The fraction of sp³-hybridized carbons (Fsp3) is 0.200. The maximum Gasteiger partial charge on any atom is 0.405 e. The smallest absolute Gasteiger partial charge is 0.405 e. The molecule has 1 aromatic carbocycles. The monoisotopic (exact) mass is 322 g/mol. The molecule has 5 nitrogen and oxygen atoms in total. The zero-order chi connectivity index (χ0) is 16.1. The fourth-order valence-corrected chi connectivity index (χ4v) is 2.07. The molecule has 1 aromatic rings. The molecule has 1 aliphatic rings. The number of nitrogens with one attached hydrogen (secondary N) is 1. The molecule has 0 radical (unpaired) electrons. The molecule has 0 spiro atoms. The number of hydrogen-bond acceptors (Lipinski definition) is 2. The number of carbonyl (C=O) groups is 2. The van der Waals surface area contributed by atoms with Gasteiger partial charge >= 0.3 is 6.09 Å². The van der Waals surface area contributed by atoms with Crippen LogP contribution in [-0.2, 0) is 0 Å². The van der Waals surface area contributed by atoms with Crippen LogP contribution in [0.5, 0.6) is 0 Å². The molecular weight excluding hydrogens is 311 g/mol. The normalized spacial score (nSPS) is 13.2. The van der Waals surface area contributed by atoms with E-state index < -0.39 is 12.0 Å². The molecule has 0 aliphatic carbocycles. The summed E-state index contributed by atoms with van der Waals surface area (Å²) >= 11 is 5.90. The highest BCUT2D eigenvalue weighted by Crippen LogP contribution is 2.22. The van der Waals surface area contributed by atoms with Crippen molar-refractivity contribution < 1.29 is 19.1 Å². The van der Waals surface area contributed by atoms with Gasteiger partial charge in [0, 0.05) is 29.8 Å². The van der Waals surface area contributed by atoms with Crippen LogP contribution in [0.3, 0.4) is 0 Å². The molecular formula is C15H12ClFN2O3. The third-order valence-electron chi connectivity index (χ3n) is 2.91. The van der Waals surface area contributed by atoms with Gasteiger partial charge in [-0.05, 0) is 18.2 Å². The van der Waals surface area contributed by atoms with Crippen LogP contribution >= 0.6 is 11.6 Å². The average molecular weight is 323 g/mol. The molecule has 2 rings (SSSR count). The summed E-state index contributed by atoms with van der Waals surface area (Å²) < 4.78 is 13.1. The highest BCUT2D eigenvalue weighted by Gasteiger charge is 2.22. The molecule has 0 unspecified atom stereocenters. The minimum atomic E-state index is -1.18. The Balaban J connectivity index is 2.24. The lowest BCUT2D eigenvalue weighted by Gasteiger charge is -2.14. The third-order valence-corrected chi connectivity index (χ3v) is 3.15. The van der Waals surface area contributed by atoms with Crippen molar-refractivity contribution in [2.24, 2.45) is 0 Å². The van der Waals surface area contributed by atoms with Crippen molar-refractivity contribution >= 4 is 23.6 Å². The van der Waals surface area contributed by atoms with Gasteiger partial charge < -0.3 is 15.3 Å². The first kappa shape index (κ1) is 15.9. The van der Waals surface area contributed by atoms with Gasteiger partial charge in [0.15, 0.2) is 0 Å². The Labute approximate surface area is 131 Å². The number of benzene rings is 1. The second kappa shape index (κ2) is 6.96. The van der Waals surface area contributed by atoms with Gasteiger partial charge in [-0.3, -0.25) is 4.79 Å². The van der Waals surface area contributed by atoms with Crippen molar-refractivity contribution in [2.45, 2.75) is 6.42 Å². The Morgan fingerprint density at radius 1 is 1.45 bits per heavy atom. The van der Waals surface area contributed by atoms with Gasteiger partial charge in [0.2, 0.25) is 0 Å². The molecule has 7 heteroatoms. The van der Waals surface area contributed by atoms with Gasteiger partial charge in [0.1, 0.15) is 5.83 Å². The maximum absolute atomic E-state index is 13.1. The molecule has 0 bridgehead atoms. The average Bonchev–Trinajstić information content (AvgIpc) is 2.90. The number of carboxylic acid groups (broad SMARTS) is 1. The van der Waals surface area contributed by atoms with Crippen LogP contribution in [0.1, 0.15) is 22.3 Å². The quantitative estimate of drug-likeness (QED) is 0.822. The van der Waals surface area contributed by atoms with Gasteiger partial charge in [-0.25, -0.2) is 9.18 Å². The highest BCUT2D eigenvalue weighted by molar-refractivity contribution is 6.31. The van der Waals surface area contributed by atoms with Gasteiger partial charge in [0.25, 0.3) is 5.91 Å². The standard InChI is InChI=1S/C15H12ClFN2O3/c16-11-4-3-10(2-1-6-18-15(21)22)13(8-11)14(20)19-7-5-12(17)9-19/h3-4,8-9,18H,5-7H2,(H,21,22). The van der Waals surface area contributed by atoms with Crippen LogP contribution in [0, 0.1) is 11.8 Å². The number of hydrogen-bond donors (Lipinski definition) is 2. The van der Waals surface area contributed by atoms with E-state index >= 15 is 0 Å². The first-order chi connectivity index (χ1) is 10.5. The van der Waals surface area contributed by atoms with Crippen LogP contribution in [0.15, 0.2) is 30.2 Å². The van der Waals surface area contributed by atoms with Gasteiger partial charge in [-0.1, -0.05) is 23.4 Å². The van der Waals surface area contributed by atoms with E-state index in [1.807, 2.05) is 0 Å². The molecule has 1 heterocycles. The highest BCUT2D eigenvalue weighted by atomic mass is 35.5. The van der Waals surface area contributed by atoms with Crippen molar-refractivity contribution in [1.82, 2.24) is 10.2 Å². The Morgan fingerprint density at radius 3 is 2.86 bits per heavy atom. The minimum absolute atomic E-state index is 0.0656. The van der Waals surface area contributed by atoms with E-state index in [-0.39, 0.29) is 30.9 Å². The number of nitrogens with zero attached hydrogens (tertiary/aromatic N) is 1. The van der Waals surface area contributed by atoms with E-state index in [4.69, 9.17) is 16.7 Å². The SMILES string of the molecule is O=C(O)NCC#Cc1ccc(Cl)cc1C(=O)N1C=C(F)CC1. The lowest BCUT2D eigenvalue weighted by atomic mass is 10.1. The summed E-state index contributed by atoms with van der Waals surface area (Å²) in [6.07, 6.45) is 0.168. The van der Waals surface area contributed by atoms with Crippen molar-refractivity contribution in [3.63, 3.8) is 0 Å². The Hall–Kier alpha value is -2.52. The largest absolute Gasteiger partial charge is 0.465 e. The van der Waals surface area contributed by atoms with Gasteiger partial charge in [-0.2, -0.15) is 0 Å². The van der Waals surface area contributed by atoms with E-state index in [2.05, 4.69) is 17.2 Å². The Bertz CT molecular complexity index is 706. The van der Waals surface area contributed by atoms with Crippen molar-refractivity contribution in [1.29, 1.82) is 0 Å². The van der Waals surface area contributed by atoms with E-state index in [1.54, 1.807) is 12.1 Å². The van der Waals surface area contributed by atoms with Crippen molar-refractivity contribution in [2.75, 3.05) is 13.1 Å². The lowest BCUT2D eigenvalue weighted by Crippen LogP contribution is -2.24. The Morgan fingerprint density at radius 2 is 2.23 bits per heavy atom. The summed E-state index contributed by atoms with van der Waals surface area (Å²) in [5.74, 6) is 4.57. The van der Waals surface area contributed by atoms with Crippen molar-refractivity contribution in [3.8, 4) is 11.8 Å². The number of carbonyl (C=O) groups excluding carboxylic acids is 1. The summed E-state index contributed by atoms with van der Waals surface area (Å²) in [6, 6.07) is 4.61. The van der Waals surface area contributed by atoms with Crippen LogP contribution in [-0.4, -0.2) is 35.1 Å². The molecule has 1 aliphatic heterocycles. The topological polar surface area (TPSA) is 69.6 Å². The summed E-state index contributed by atoms with van der Waals surface area (Å²) in [5.41, 5.74) is 0.656. The maximum atomic E-state index is 13.1. The van der Waals surface area contributed by atoms with Crippen LogP contribution in [0.25, 0.3) is 0 Å². The number of amides is 2. The van der Waals surface area contributed by atoms with Gasteiger partial charge in [-0.15, -0.1) is 0 Å². The molecule has 0 aromatic heterocycles. The molecule has 2 amide bonds. The van der Waals surface area contributed by atoms with Crippen molar-refractivity contribution in [3.05, 3.63) is 46.4 Å². The summed E-state index contributed by atoms with van der Waals surface area (Å²) in [6.45, 7) is 0.203. The summed E-state index contributed by atoms with van der Waals surface area (Å²) in [4.78, 5) is 24.0. The first-order valence-corrected chi connectivity index (χ1v) is 6.77. The molecule has 114 valence electrons. The zero-order valence-corrected chi connectivity index (χ0v) is 12.2. The van der Waals surface area contributed by atoms with E-state index in [0.717, 1.165) is 6.20 Å². The number of halogens is 2. The minimum Gasteiger partial charge on any atom is -0.465 e. The molecule has 22 heavy (non-hydrogen) atoms. The Kier molecular flexibility index (Phi) is 5.02. The van der Waals surface area contributed by atoms with Gasteiger partial charge in [0.05, 0.1) is 12.1 Å². The molecule has 0 fully saturated rings. The van der Waals surface area contributed by atoms with E-state index in [0.29, 0.717) is 10.6 Å². The van der Waals surface area contributed by atoms with Crippen LogP contribution in [0.4, 0.5) is 9.18 Å². The van der Waals surface area contributed by atoms with Crippen LogP contribution < -0.4 is 5.32 Å². The first-order valence-electron chi connectivity index (χ1n) is 6.40. The molecule has 2 N–H and O–H groups in total. The zero-order valence-electron chi connectivity index (χ0n) is 11.4. The predicted molar refractivity (Wildman–Crippen MR) is 79.2 cm³/mol. The van der Waals surface area contributed by atoms with E-state index in [1.165, 1.54) is 11.0 Å². The summed E-state index contributed by atoms with van der Waals surface area (Å²) in [7, 11) is 0. The predicted octanol–water partition coefficient (Wildman–Crippen LogP) is 2.62. The second-order valence-corrected chi connectivity index (χ2v) is 4.91. The molecule has 0 saturated heterocycles. The fourth-order valence-electron chi connectivity index (χ4n) is 1.90.